The standard InChI is InChI=1S/C26H20F3NO5/c1-14-3-4-15(2)20(13-14)23(32)21-22(16-5-9-18(31)10-6-16)30(25(34)24(21)33)17-7-11-19(12-8-17)35-26(27,28)29/h3-13,22,31-32H,1-2H3/b23-21+. The molecule has 1 fully saturated rings. The minimum atomic E-state index is -4.89. The van der Waals surface area contributed by atoms with Crippen LogP contribution in [0.4, 0.5) is 18.9 Å². The zero-order valence-electron chi connectivity index (χ0n) is 18.6. The Morgan fingerprint density at radius 3 is 2.17 bits per heavy atom. The zero-order chi connectivity index (χ0) is 25.5. The predicted molar refractivity (Wildman–Crippen MR) is 122 cm³/mol. The number of hydrogen-bond acceptors (Lipinski definition) is 5. The summed E-state index contributed by atoms with van der Waals surface area (Å²) >= 11 is 0. The monoisotopic (exact) mass is 483 g/mol. The second-order valence-electron chi connectivity index (χ2n) is 8.12. The van der Waals surface area contributed by atoms with Crippen LogP contribution in [0.15, 0.2) is 72.3 Å². The molecule has 1 unspecified atom stereocenters. The van der Waals surface area contributed by atoms with Crippen molar-refractivity contribution in [2.24, 2.45) is 0 Å². The molecule has 3 aromatic carbocycles. The Morgan fingerprint density at radius 2 is 1.57 bits per heavy atom. The van der Waals surface area contributed by atoms with Crippen molar-refractivity contribution in [2.45, 2.75) is 26.3 Å². The van der Waals surface area contributed by atoms with Crippen molar-refractivity contribution in [2.75, 3.05) is 4.90 Å². The number of phenols is 1. The smallest absolute Gasteiger partial charge is 0.508 e. The van der Waals surface area contributed by atoms with Crippen LogP contribution in [0.3, 0.4) is 0 Å². The molecule has 35 heavy (non-hydrogen) atoms. The molecule has 180 valence electrons. The van der Waals surface area contributed by atoms with Crippen LogP contribution >= 0.6 is 0 Å². The van der Waals surface area contributed by atoms with Gasteiger partial charge in [0.05, 0.1) is 11.6 Å². The number of hydrogen-bond donors (Lipinski definition) is 2. The highest BCUT2D eigenvalue weighted by molar-refractivity contribution is 6.51. The van der Waals surface area contributed by atoms with Gasteiger partial charge in [0.25, 0.3) is 11.7 Å². The van der Waals surface area contributed by atoms with E-state index in [1.165, 1.54) is 36.4 Å². The quantitative estimate of drug-likeness (QED) is 0.289. The number of phenolic OH excluding ortho intramolecular Hbond substituents is 1. The Balaban J connectivity index is 1.88. The number of anilines is 1. The van der Waals surface area contributed by atoms with Crippen molar-refractivity contribution in [1.29, 1.82) is 0 Å². The first-order valence-corrected chi connectivity index (χ1v) is 10.5. The molecule has 1 amide bonds. The number of carbonyl (C=O) groups excluding carboxylic acids is 2. The van der Waals surface area contributed by atoms with Crippen LogP contribution in [0.25, 0.3) is 5.76 Å². The topological polar surface area (TPSA) is 87.1 Å². The third-order valence-corrected chi connectivity index (χ3v) is 5.65. The summed E-state index contributed by atoms with van der Waals surface area (Å²) in [6.45, 7) is 3.57. The van der Waals surface area contributed by atoms with Gasteiger partial charge in [0, 0.05) is 11.3 Å². The molecule has 1 atom stereocenters. The number of benzene rings is 3. The van der Waals surface area contributed by atoms with E-state index >= 15 is 0 Å². The Morgan fingerprint density at radius 1 is 0.943 bits per heavy atom. The number of ether oxygens (including phenoxy) is 1. The Hall–Kier alpha value is -4.27. The van der Waals surface area contributed by atoms with Crippen molar-refractivity contribution in [3.05, 3.63) is 94.6 Å². The SMILES string of the molecule is Cc1ccc(C)c(/C(O)=C2\C(=O)C(=O)N(c3ccc(OC(F)(F)F)cc3)C2c2ccc(O)cc2)c1. The van der Waals surface area contributed by atoms with E-state index in [9.17, 15) is 33.0 Å². The van der Waals surface area contributed by atoms with Crippen molar-refractivity contribution >= 4 is 23.1 Å². The number of ketones is 1. The van der Waals surface area contributed by atoms with Crippen molar-refractivity contribution in [3.63, 3.8) is 0 Å². The van der Waals surface area contributed by atoms with E-state index in [1.807, 2.05) is 13.0 Å². The van der Waals surface area contributed by atoms with Gasteiger partial charge in [-0.3, -0.25) is 14.5 Å². The number of nitrogens with zero attached hydrogens (tertiary/aromatic N) is 1. The number of rotatable bonds is 4. The Kier molecular flexibility index (Phi) is 6.02. The predicted octanol–water partition coefficient (Wildman–Crippen LogP) is 5.53. The fourth-order valence-corrected chi connectivity index (χ4v) is 4.02. The van der Waals surface area contributed by atoms with E-state index in [0.29, 0.717) is 16.7 Å². The Bertz CT molecular complexity index is 1330. The molecule has 0 bridgehead atoms. The van der Waals surface area contributed by atoms with Crippen LogP contribution in [0.2, 0.25) is 0 Å². The van der Waals surface area contributed by atoms with E-state index in [0.717, 1.165) is 22.6 Å². The number of halogens is 3. The van der Waals surface area contributed by atoms with E-state index in [4.69, 9.17) is 0 Å². The maximum atomic E-state index is 13.2. The van der Waals surface area contributed by atoms with Gasteiger partial charge in [-0.05, 0) is 67.4 Å². The molecule has 9 heteroatoms. The number of carbonyl (C=O) groups is 2. The molecule has 3 aromatic rings. The average molecular weight is 483 g/mol. The molecule has 6 nitrogen and oxygen atoms in total. The molecule has 1 aliphatic heterocycles. The van der Waals surface area contributed by atoms with Gasteiger partial charge in [-0.2, -0.15) is 0 Å². The molecular weight excluding hydrogens is 463 g/mol. The minimum Gasteiger partial charge on any atom is -0.508 e. The number of Topliss-reactive ketones (excluding diaryl/α,β-unsaturated/α-hetero) is 1. The van der Waals surface area contributed by atoms with Crippen molar-refractivity contribution in [1.82, 2.24) is 0 Å². The summed E-state index contributed by atoms with van der Waals surface area (Å²) in [5.74, 6) is -2.82. The van der Waals surface area contributed by atoms with Crippen LogP contribution in [-0.4, -0.2) is 28.3 Å². The van der Waals surface area contributed by atoms with Gasteiger partial charge in [-0.1, -0.05) is 29.8 Å². The van der Waals surface area contributed by atoms with Gasteiger partial charge in [0.2, 0.25) is 0 Å². The molecule has 2 N–H and O–H groups in total. The molecule has 0 radical (unpaired) electrons. The second kappa shape index (κ2) is 8.83. The van der Waals surface area contributed by atoms with Crippen molar-refractivity contribution < 1.29 is 37.7 Å². The molecule has 0 spiro atoms. The van der Waals surface area contributed by atoms with Gasteiger partial charge in [-0.15, -0.1) is 13.2 Å². The lowest BCUT2D eigenvalue weighted by Gasteiger charge is -2.26. The second-order valence-corrected chi connectivity index (χ2v) is 8.12. The van der Waals surface area contributed by atoms with Gasteiger partial charge < -0.3 is 14.9 Å². The lowest BCUT2D eigenvalue weighted by Crippen LogP contribution is -2.29. The number of aromatic hydroxyl groups is 1. The average Bonchev–Trinajstić information content (AvgIpc) is 3.05. The maximum Gasteiger partial charge on any atom is 0.573 e. The van der Waals surface area contributed by atoms with Crippen LogP contribution < -0.4 is 9.64 Å². The molecular formula is C26H20F3NO5. The highest BCUT2D eigenvalue weighted by atomic mass is 19.4. The molecule has 1 saturated heterocycles. The minimum absolute atomic E-state index is 0.0473. The maximum absolute atomic E-state index is 13.2. The molecule has 0 saturated carbocycles. The first-order valence-electron chi connectivity index (χ1n) is 10.5. The number of alkyl halides is 3. The number of aliphatic hydroxyl groups is 1. The number of aliphatic hydroxyl groups excluding tert-OH is 1. The van der Waals surface area contributed by atoms with Crippen LogP contribution in [-0.2, 0) is 9.59 Å². The first kappa shape index (κ1) is 23.9. The first-order chi connectivity index (χ1) is 16.5. The van der Waals surface area contributed by atoms with Gasteiger partial charge in [0.1, 0.15) is 17.3 Å². The summed E-state index contributed by atoms with van der Waals surface area (Å²) in [7, 11) is 0. The highest BCUT2D eigenvalue weighted by Crippen LogP contribution is 2.43. The van der Waals surface area contributed by atoms with E-state index in [-0.39, 0.29) is 22.8 Å². The summed E-state index contributed by atoms with van der Waals surface area (Å²) in [6.07, 6.45) is -4.89. The van der Waals surface area contributed by atoms with E-state index in [1.54, 1.807) is 19.1 Å². The normalized spacial score (nSPS) is 17.6. The summed E-state index contributed by atoms with van der Waals surface area (Å²) < 4.78 is 41.5. The molecule has 0 aliphatic carbocycles. The van der Waals surface area contributed by atoms with Crippen LogP contribution in [0.1, 0.15) is 28.3 Å². The lowest BCUT2D eigenvalue weighted by atomic mass is 9.93. The number of aryl methyl sites for hydroxylation is 2. The summed E-state index contributed by atoms with van der Waals surface area (Å²) in [5, 5.41) is 20.9. The van der Waals surface area contributed by atoms with Crippen LogP contribution in [0.5, 0.6) is 11.5 Å². The van der Waals surface area contributed by atoms with E-state index < -0.39 is 29.8 Å². The van der Waals surface area contributed by atoms with Gasteiger partial charge in [-0.25, -0.2) is 0 Å². The summed E-state index contributed by atoms with van der Waals surface area (Å²) in [5.41, 5.74) is 2.24. The fraction of sp³-hybridized carbons (Fsp3) is 0.154. The number of amides is 1. The third-order valence-electron chi connectivity index (χ3n) is 5.65. The summed E-state index contributed by atoms with van der Waals surface area (Å²) in [6, 6.07) is 14.4. The van der Waals surface area contributed by atoms with E-state index in [2.05, 4.69) is 4.74 Å². The van der Waals surface area contributed by atoms with Crippen molar-refractivity contribution in [3.8, 4) is 11.5 Å². The molecule has 0 aromatic heterocycles. The lowest BCUT2D eigenvalue weighted by molar-refractivity contribution is -0.274. The molecule has 4 rings (SSSR count). The zero-order valence-corrected chi connectivity index (χ0v) is 18.6. The van der Waals surface area contributed by atoms with Gasteiger partial charge in [0.15, 0.2) is 0 Å². The third kappa shape index (κ3) is 4.70. The fourth-order valence-electron chi connectivity index (χ4n) is 4.02. The molecule has 1 heterocycles. The Labute approximate surface area is 198 Å². The highest BCUT2D eigenvalue weighted by Gasteiger charge is 2.47. The summed E-state index contributed by atoms with van der Waals surface area (Å²) in [4.78, 5) is 27.4. The van der Waals surface area contributed by atoms with Gasteiger partial charge >= 0.3 is 6.36 Å². The molecule has 1 aliphatic rings. The van der Waals surface area contributed by atoms with Crippen LogP contribution in [0, 0.1) is 13.8 Å². The largest absolute Gasteiger partial charge is 0.573 e.